The van der Waals surface area contributed by atoms with E-state index in [4.69, 9.17) is 23.2 Å². The molecular formula is C12H7Cl2F3N2. The second-order valence-electron chi connectivity index (χ2n) is 3.71. The predicted molar refractivity (Wildman–Crippen MR) is 69.0 cm³/mol. The van der Waals surface area contributed by atoms with Gasteiger partial charge >= 0.3 is 6.18 Å². The average molecular weight is 307 g/mol. The van der Waals surface area contributed by atoms with E-state index >= 15 is 0 Å². The zero-order chi connectivity index (χ0) is 14.0. The number of hydrogen-bond donors (Lipinski definition) is 1. The molecule has 0 aliphatic rings. The molecule has 0 aliphatic heterocycles. The summed E-state index contributed by atoms with van der Waals surface area (Å²) in [5, 5.41) is 3.16. The molecule has 0 spiro atoms. The summed E-state index contributed by atoms with van der Waals surface area (Å²) < 4.78 is 37.9. The lowest BCUT2D eigenvalue weighted by Crippen LogP contribution is -2.05. The SMILES string of the molecule is FC(F)(F)c1cc(Cl)cc(Nc2ccc(Cl)cn2)c1. The van der Waals surface area contributed by atoms with Crippen molar-refractivity contribution in [3.05, 3.63) is 52.1 Å². The Kier molecular flexibility index (Phi) is 3.87. The lowest BCUT2D eigenvalue weighted by atomic mass is 10.2. The zero-order valence-corrected chi connectivity index (χ0v) is 10.8. The number of halogens is 5. The minimum Gasteiger partial charge on any atom is -0.340 e. The number of hydrogen-bond acceptors (Lipinski definition) is 2. The molecular weight excluding hydrogens is 300 g/mol. The predicted octanol–water partition coefficient (Wildman–Crippen LogP) is 5.15. The Morgan fingerprint density at radius 1 is 1.00 bits per heavy atom. The maximum atomic E-state index is 12.6. The van der Waals surface area contributed by atoms with Crippen molar-refractivity contribution in [3.8, 4) is 0 Å². The summed E-state index contributed by atoms with van der Waals surface area (Å²) in [6.07, 6.45) is -3.06. The molecule has 2 nitrogen and oxygen atoms in total. The maximum Gasteiger partial charge on any atom is 0.416 e. The fourth-order valence-corrected chi connectivity index (χ4v) is 1.77. The van der Waals surface area contributed by atoms with Crippen molar-refractivity contribution in [2.45, 2.75) is 6.18 Å². The zero-order valence-electron chi connectivity index (χ0n) is 9.30. The van der Waals surface area contributed by atoms with Crippen LogP contribution in [0.2, 0.25) is 10.0 Å². The Morgan fingerprint density at radius 3 is 2.32 bits per heavy atom. The standard InChI is InChI=1S/C12H7Cl2F3N2/c13-8-1-2-11(18-6-8)19-10-4-7(12(15,16)17)3-9(14)5-10/h1-6H,(H,18,19). The first-order valence-corrected chi connectivity index (χ1v) is 5.86. The van der Waals surface area contributed by atoms with Gasteiger partial charge in [0.1, 0.15) is 5.82 Å². The van der Waals surface area contributed by atoms with Crippen LogP contribution in [-0.2, 0) is 6.18 Å². The molecule has 0 atom stereocenters. The lowest BCUT2D eigenvalue weighted by molar-refractivity contribution is -0.137. The fourth-order valence-electron chi connectivity index (χ4n) is 1.42. The first kappa shape index (κ1) is 14.0. The van der Waals surface area contributed by atoms with E-state index in [1.807, 2.05) is 0 Å². The second kappa shape index (κ2) is 5.27. The van der Waals surface area contributed by atoms with Crippen LogP contribution in [0.15, 0.2) is 36.5 Å². The molecule has 0 amide bonds. The average Bonchev–Trinajstić information content (AvgIpc) is 2.30. The number of aromatic nitrogens is 1. The summed E-state index contributed by atoms with van der Waals surface area (Å²) in [5.41, 5.74) is -0.619. The molecule has 19 heavy (non-hydrogen) atoms. The summed E-state index contributed by atoms with van der Waals surface area (Å²) in [6, 6.07) is 6.33. The van der Waals surface area contributed by atoms with Crippen molar-refractivity contribution in [3.63, 3.8) is 0 Å². The van der Waals surface area contributed by atoms with E-state index in [0.717, 1.165) is 12.1 Å². The number of benzene rings is 1. The number of pyridine rings is 1. The highest BCUT2D eigenvalue weighted by atomic mass is 35.5. The highest BCUT2D eigenvalue weighted by molar-refractivity contribution is 6.31. The number of alkyl halides is 3. The van der Waals surface area contributed by atoms with Crippen molar-refractivity contribution < 1.29 is 13.2 Å². The van der Waals surface area contributed by atoms with Crippen LogP contribution in [0.1, 0.15) is 5.56 Å². The molecule has 1 aromatic carbocycles. The van der Waals surface area contributed by atoms with E-state index in [9.17, 15) is 13.2 Å². The first-order valence-electron chi connectivity index (χ1n) is 5.11. The Balaban J connectivity index is 2.30. The van der Waals surface area contributed by atoms with Gasteiger partial charge in [0.2, 0.25) is 0 Å². The van der Waals surface area contributed by atoms with E-state index in [-0.39, 0.29) is 10.7 Å². The third-order valence-electron chi connectivity index (χ3n) is 2.22. The Hall–Kier alpha value is -1.46. The summed E-state index contributed by atoms with van der Waals surface area (Å²) >= 11 is 11.3. The van der Waals surface area contributed by atoms with Crippen LogP contribution in [0.4, 0.5) is 24.7 Å². The van der Waals surface area contributed by atoms with Crippen molar-refractivity contribution in [2.24, 2.45) is 0 Å². The molecule has 2 rings (SSSR count). The summed E-state index contributed by atoms with van der Waals surface area (Å²) in [7, 11) is 0. The molecule has 0 bridgehead atoms. The highest BCUT2D eigenvalue weighted by Crippen LogP contribution is 2.33. The molecule has 7 heteroatoms. The van der Waals surface area contributed by atoms with Crippen LogP contribution in [0.3, 0.4) is 0 Å². The second-order valence-corrected chi connectivity index (χ2v) is 4.59. The monoisotopic (exact) mass is 306 g/mol. The topological polar surface area (TPSA) is 24.9 Å². The largest absolute Gasteiger partial charge is 0.416 e. The molecule has 1 heterocycles. The van der Waals surface area contributed by atoms with Gasteiger partial charge in [-0.2, -0.15) is 13.2 Å². The van der Waals surface area contributed by atoms with E-state index in [2.05, 4.69) is 10.3 Å². The summed E-state index contributed by atoms with van der Waals surface area (Å²) in [5.74, 6) is 0.375. The highest BCUT2D eigenvalue weighted by Gasteiger charge is 2.31. The van der Waals surface area contributed by atoms with Crippen LogP contribution in [0.5, 0.6) is 0 Å². The van der Waals surface area contributed by atoms with Gasteiger partial charge in [-0.05, 0) is 30.3 Å². The van der Waals surface area contributed by atoms with Gasteiger partial charge in [-0.15, -0.1) is 0 Å². The minimum absolute atomic E-state index is 0.00807. The minimum atomic E-state index is -4.45. The third kappa shape index (κ3) is 3.75. The third-order valence-corrected chi connectivity index (χ3v) is 2.67. The normalized spacial score (nSPS) is 11.4. The van der Waals surface area contributed by atoms with Crippen LogP contribution >= 0.6 is 23.2 Å². The smallest absolute Gasteiger partial charge is 0.340 e. The first-order chi connectivity index (χ1) is 8.84. The number of rotatable bonds is 2. The van der Waals surface area contributed by atoms with E-state index in [1.54, 1.807) is 12.1 Å². The summed E-state index contributed by atoms with van der Waals surface area (Å²) in [4.78, 5) is 3.93. The van der Waals surface area contributed by atoms with Crippen molar-refractivity contribution >= 4 is 34.7 Å². The number of nitrogens with one attached hydrogen (secondary N) is 1. The fraction of sp³-hybridized carbons (Fsp3) is 0.0833. The molecule has 0 saturated carbocycles. The number of anilines is 2. The molecule has 0 radical (unpaired) electrons. The van der Waals surface area contributed by atoms with Crippen LogP contribution in [0, 0.1) is 0 Å². The Labute approximate surface area is 117 Å². The van der Waals surface area contributed by atoms with Gasteiger partial charge in [-0.1, -0.05) is 23.2 Å². The quantitative estimate of drug-likeness (QED) is 0.830. The lowest BCUT2D eigenvalue weighted by Gasteiger charge is -2.11. The Bertz CT molecular complexity index is 583. The molecule has 1 N–H and O–H groups in total. The van der Waals surface area contributed by atoms with E-state index < -0.39 is 11.7 Å². The van der Waals surface area contributed by atoms with Crippen LogP contribution in [0.25, 0.3) is 0 Å². The molecule has 1 aromatic heterocycles. The van der Waals surface area contributed by atoms with Gasteiger partial charge in [0.15, 0.2) is 0 Å². The molecule has 0 saturated heterocycles. The Morgan fingerprint density at radius 2 is 1.74 bits per heavy atom. The van der Waals surface area contributed by atoms with Gasteiger partial charge in [-0.25, -0.2) is 4.98 Å². The van der Waals surface area contributed by atoms with Crippen molar-refractivity contribution in [1.82, 2.24) is 4.98 Å². The van der Waals surface area contributed by atoms with Gasteiger partial charge < -0.3 is 5.32 Å². The molecule has 0 fully saturated rings. The van der Waals surface area contributed by atoms with Gasteiger partial charge in [0.05, 0.1) is 10.6 Å². The molecule has 2 aromatic rings. The van der Waals surface area contributed by atoms with Crippen LogP contribution < -0.4 is 5.32 Å². The summed E-state index contributed by atoms with van der Waals surface area (Å²) in [6.45, 7) is 0. The van der Waals surface area contributed by atoms with Gasteiger partial charge in [0.25, 0.3) is 0 Å². The van der Waals surface area contributed by atoms with Crippen molar-refractivity contribution in [2.75, 3.05) is 5.32 Å². The molecule has 0 aliphatic carbocycles. The van der Waals surface area contributed by atoms with Crippen molar-refractivity contribution in [1.29, 1.82) is 0 Å². The van der Waals surface area contributed by atoms with E-state index in [1.165, 1.54) is 12.3 Å². The molecule has 100 valence electrons. The van der Waals surface area contributed by atoms with E-state index in [0.29, 0.717) is 10.8 Å². The van der Waals surface area contributed by atoms with Crippen LogP contribution in [-0.4, -0.2) is 4.98 Å². The number of nitrogens with zero attached hydrogens (tertiary/aromatic N) is 1. The van der Waals surface area contributed by atoms with Gasteiger partial charge in [0, 0.05) is 16.9 Å². The maximum absolute atomic E-state index is 12.6. The molecule has 0 unspecified atom stereocenters. The van der Waals surface area contributed by atoms with Gasteiger partial charge in [-0.3, -0.25) is 0 Å².